The molecule has 8 heteroatoms. The van der Waals surface area contributed by atoms with Gasteiger partial charge in [-0.1, -0.05) is 38.1 Å². The summed E-state index contributed by atoms with van der Waals surface area (Å²) in [5.41, 5.74) is 4.99. The minimum absolute atomic E-state index is 0.0249. The SMILES string of the molecule is Cc1nn(-c2ccc3nnc(C)n3n2)c2c1[C@H](c1ccc(C(C)C)cc1)CC(=O)N2. The summed E-state index contributed by atoms with van der Waals surface area (Å²) in [4.78, 5) is 12.6. The average Bonchev–Trinajstić information content (AvgIpc) is 3.27. The predicted molar refractivity (Wildman–Crippen MR) is 113 cm³/mol. The lowest BCUT2D eigenvalue weighted by Gasteiger charge is -2.24. The van der Waals surface area contributed by atoms with Crippen LogP contribution < -0.4 is 5.32 Å². The van der Waals surface area contributed by atoms with E-state index in [9.17, 15) is 4.79 Å². The van der Waals surface area contributed by atoms with Gasteiger partial charge in [0.05, 0.1) is 5.69 Å². The zero-order chi connectivity index (χ0) is 21.0. The van der Waals surface area contributed by atoms with Gasteiger partial charge in [0.25, 0.3) is 0 Å². The average molecular weight is 401 g/mol. The maximum Gasteiger partial charge on any atom is 0.226 e. The Kier molecular flexibility index (Phi) is 4.16. The molecular weight excluding hydrogens is 378 g/mol. The molecule has 0 saturated heterocycles. The highest BCUT2D eigenvalue weighted by Crippen LogP contribution is 2.40. The van der Waals surface area contributed by atoms with Gasteiger partial charge < -0.3 is 5.32 Å². The van der Waals surface area contributed by atoms with Crippen molar-refractivity contribution in [2.45, 2.75) is 46.0 Å². The summed E-state index contributed by atoms with van der Waals surface area (Å²) in [6.45, 7) is 8.18. The Hall–Kier alpha value is -3.55. The number of rotatable bonds is 3. The lowest BCUT2D eigenvalue weighted by Crippen LogP contribution is -2.25. The molecule has 0 aliphatic carbocycles. The van der Waals surface area contributed by atoms with Crippen LogP contribution in [0.3, 0.4) is 0 Å². The third kappa shape index (κ3) is 2.87. The molecule has 0 spiro atoms. The van der Waals surface area contributed by atoms with Crippen molar-refractivity contribution in [3.8, 4) is 5.82 Å². The van der Waals surface area contributed by atoms with Crippen LogP contribution >= 0.6 is 0 Å². The Morgan fingerprint density at radius 2 is 1.80 bits per heavy atom. The monoisotopic (exact) mass is 401 g/mol. The molecule has 1 amide bonds. The molecule has 30 heavy (non-hydrogen) atoms. The van der Waals surface area contributed by atoms with Crippen LogP contribution in [0.25, 0.3) is 11.5 Å². The summed E-state index contributed by atoms with van der Waals surface area (Å²) in [6, 6.07) is 12.2. The molecule has 1 aliphatic heterocycles. The van der Waals surface area contributed by atoms with Crippen LogP contribution in [0, 0.1) is 13.8 Å². The van der Waals surface area contributed by atoms with E-state index in [4.69, 9.17) is 5.10 Å². The number of nitrogens with one attached hydrogen (secondary N) is 1. The number of carbonyl (C=O) groups is 1. The van der Waals surface area contributed by atoms with Crippen LogP contribution in [-0.2, 0) is 4.79 Å². The fourth-order valence-electron chi connectivity index (χ4n) is 4.11. The molecule has 0 radical (unpaired) electrons. The van der Waals surface area contributed by atoms with Crippen LogP contribution in [0.4, 0.5) is 5.82 Å². The van der Waals surface area contributed by atoms with Crippen LogP contribution in [0.1, 0.15) is 60.3 Å². The van der Waals surface area contributed by atoms with Crippen molar-refractivity contribution in [2.24, 2.45) is 0 Å². The Morgan fingerprint density at radius 1 is 1.03 bits per heavy atom. The van der Waals surface area contributed by atoms with Crippen molar-refractivity contribution in [1.82, 2.24) is 29.6 Å². The normalized spacial score (nSPS) is 16.2. The quantitative estimate of drug-likeness (QED) is 0.567. The molecule has 0 saturated carbocycles. The number of nitrogens with zero attached hydrogens (tertiary/aromatic N) is 6. The molecule has 0 fully saturated rings. The second kappa shape index (κ2) is 6.76. The number of anilines is 1. The van der Waals surface area contributed by atoms with Crippen LogP contribution in [-0.4, -0.2) is 35.5 Å². The molecule has 1 aromatic carbocycles. The van der Waals surface area contributed by atoms with Crippen molar-refractivity contribution in [2.75, 3.05) is 5.32 Å². The minimum atomic E-state index is -0.0379. The van der Waals surface area contributed by atoms with E-state index in [0.717, 1.165) is 16.8 Å². The van der Waals surface area contributed by atoms with E-state index in [0.29, 0.717) is 35.4 Å². The maximum atomic E-state index is 12.6. The number of hydrogen-bond acceptors (Lipinski definition) is 5. The highest BCUT2D eigenvalue weighted by molar-refractivity contribution is 5.95. The van der Waals surface area contributed by atoms with Crippen molar-refractivity contribution in [3.05, 3.63) is 64.6 Å². The molecule has 8 nitrogen and oxygen atoms in total. The molecule has 0 unspecified atom stereocenters. The molecule has 152 valence electrons. The summed E-state index contributed by atoms with van der Waals surface area (Å²) in [7, 11) is 0. The number of amides is 1. The van der Waals surface area contributed by atoms with Crippen molar-refractivity contribution >= 4 is 17.4 Å². The Bertz CT molecular complexity index is 1270. The second-order valence-corrected chi connectivity index (χ2v) is 8.09. The summed E-state index contributed by atoms with van der Waals surface area (Å²) in [5, 5.41) is 20.5. The summed E-state index contributed by atoms with van der Waals surface area (Å²) in [6.07, 6.45) is 0.400. The van der Waals surface area contributed by atoms with E-state index in [1.54, 1.807) is 9.20 Å². The Balaban J connectivity index is 1.63. The summed E-state index contributed by atoms with van der Waals surface area (Å²) in [5.74, 6) is 2.38. The zero-order valence-corrected chi connectivity index (χ0v) is 17.4. The Labute approximate surface area is 173 Å². The molecular formula is C22H23N7O. The van der Waals surface area contributed by atoms with Gasteiger partial charge in [-0.25, -0.2) is 0 Å². The van der Waals surface area contributed by atoms with E-state index in [-0.39, 0.29) is 11.8 Å². The molecule has 3 aromatic heterocycles. The van der Waals surface area contributed by atoms with Crippen molar-refractivity contribution < 1.29 is 4.79 Å². The zero-order valence-electron chi connectivity index (χ0n) is 17.4. The maximum absolute atomic E-state index is 12.6. The number of fused-ring (bicyclic) bond motifs is 2. The molecule has 1 aliphatic rings. The van der Waals surface area contributed by atoms with Gasteiger partial charge in [0, 0.05) is 17.9 Å². The van der Waals surface area contributed by atoms with E-state index >= 15 is 0 Å². The number of carbonyl (C=O) groups excluding carboxylic acids is 1. The number of aromatic nitrogens is 6. The fourth-order valence-corrected chi connectivity index (χ4v) is 4.11. The molecule has 1 atom stereocenters. The van der Waals surface area contributed by atoms with Crippen molar-refractivity contribution in [1.29, 1.82) is 0 Å². The van der Waals surface area contributed by atoms with Gasteiger partial charge in [-0.2, -0.15) is 14.3 Å². The van der Waals surface area contributed by atoms with Crippen LogP contribution in [0.2, 0.25) is 0 Å². The number of aryl methyl sites for hydroxylation is 2. The first-order valence-corrected chi connectivity index (χ1v) is 10.1. The van der Waals surface area contributed by atoms with Gasteiger partial charge in [0.15, 0.2) is 17.3 Å². The highest BCUT2D eigenvalue weighted by Gasteiger charge is 2.33. The van der Waals surface area contributed by atoms with Gasteiger partial charge in [0.1, 0.15) is 5.82 Å². The molecule has 0 bridgehead atoms. The van der Waals surface area contributed by atoms with Gasteiger partial charge in [0.2, 0.25) is 5.91 Å². The van der Waals surface area contributed by atoms with Gasteiger partial charge in [-0.15, -0.1) is 15.3 Å². The third-order valence-corrected chi connectivity index (χ3v) is 5.73. The largest absolute Gasteiger partial charge is 0.310 e. The van der Waals surface area contributed by atoms with E-state index in [1.807, 2.05) is 26.0 Å². The van der Waals surface area contributed by atoms with Crippen LogP contribution in [0.5, 0.6) is 0 Å². The van der Waals surface area contributed by atoms with E-state index in [1.165, 1.54) is 5.56 Å². The van der Waals surface area contributed by atoms with Gasteiger partial charge in [-0.3, -0.25) is 4.79 Å². The highest BCUT2D eigenvalue weighted by atomic mass is 16.1. The molecule has 1 N–H and O–H groups in total. The number of hydrogen-bond donors (Lipinski definition) is 1. The first-order valence-electron chi connectivity index (χ1n) is 10.1. The summed E-state index contributed by atoms with van der Waals surface area (Å²) < 4.78 is 3.38. The summed E-state index contributed by atoms with van der Waals surface area (Å²) >= 11 is 0. The first kappa shape index (κ1) is 18.5. The van der Waals surface area contributed by atoms with E-state index < -0.39 is 0 Å². The third-order valence-electron chi connectivity index (χ3n) is 5.73. The van der Waals surface area contributed by atoms with Crippen LogP contribution in [0.15, 0.2) is 36.4 Å². The Morgan fingerprint density at radius 3 is 2.53 bits per heavy atom. The molecule has 4 aromatic rings. The fraction of sp³-hybridized carbons (Fsp3) is 0.318. The van der Waals surface area contributed by atoms with Gasteiger partial charge >= 0.3 is 0 Å². The first-order chi connectivity index (χ1) is 14.4. The molecule has 5 rings (SSSR count). The second-order valence-electron chi connectivity index (χ2n) is 8.09. The topological polar surface area (TPSA) is 90.0 Å². The lowest BCUT2D eigenvalue weighted by atomic mass is 9.85. The van der Waals surface area contributed by atoms with Crippen molar-refractivity contribution in [3.63, 3.8) is 0 Å². The molecule has 4 heterocycles. The number of benzene rings is 1. The predicted octanol–water partition coefficient (Wildman–Crippen LogP) is 3.52. The smallest absolute Gasteiger partial charge is 0.226 e. The standard InChI is InChI=1S/C22H23N7O/c1-12(2)15-5-7-16(8-6-15)17-11-20(30)23-22-21(17)13(3)26-29(22)19-10-9-18-25-24-14(4)28(18)27-19/h5-10,12,17H,11H2,1-4H3,(H,23,30)/t17-/m0/s1. The van der Waals surface area contributed by atoms with Gasteiger partial charge in [-0.05, 0) is 43.0 Å². The van der Waals surface area contributed by atoms with E-state index in [2.05, 4.69) is 58.7 Å². The lowest BCUT2D eigenvalue weighted by molar-refractivity contribution is -0.116. The minimum Gasteiger partial charge on any atom is -0.310 e.